The summed E-state index contributed by atoms with van der Waals surface area (Å²) in [4.78, 5) is 21.3. The van der Waals surface area contributed by atoms with Crippen LogP contribution in [0.2, 0.25) is 8.45 Å². The Balaban J connectivity index is 1.97. The van der Waals surface area contributed by atoms with Crippen molar-refractivity contribution >= 4 is 36.5 Å². The normalized spacial score (nSPS) is 11.6. The molecule has 0 fully saturated rings. The second kappa shape index (κ2) is 9.24. The van der Waals surface area contributed by atoms with Gasteiger partial charge < -0.3 is 0 Å². The summed E-state index contributed by atoms with van der Waals surface area (Å²) < 4.78 is 35.2. The van der Waals surface area contributed by atoms with Crippen molar-refractivity contribution < 1.29 is 13.5 Å². The van der Waals surface area contributed by atoms with Crippen molar-refractivity contribution in [3.8, 4) is 11.4 Å². The topological polar surface area (TPSA) is 57.0 Å². The molecule has 0 bridgehead atoms. The zero-order valence-electron chi connectivity index (χ0n) is 17.9. The third-order valence-corrected chi connectivity index (χ3v) is 8.37. The van der Waals surface area contributed by atoms with Gasteiger partial charge in [0.15, 0.2) is 0 Å². The van der Waals surface area contributed by atoms with Gasteiger partial charge in [-0.3, -0.25) is 0 Å². The van der Waals surface area contributed by atoms with Gasteiger partial charge in [-0.15, -0.1) is 0 Å². The van der Waals surface area contributed by atoms with Crippen molar-refractivity contribution in [1.82, 2.24) is 14.5 Å². The molecule has 3 aromatic rings. The predicted octanol–water partition coefficient (Wildman–Crippen LogP) is 4.30. The van der Waals surface area contributed by atoms with Crippen LogP contribution in [0.15, 0.2) is 35.4 Å². The van der Waals surface area contributed by atoms with Crippen molar-refractivity contribution in [1.29, 1.82) is 0 Å². The maximum atomic E-state index is 13.8. The van der Waals surface area contributed by atoms with Crippen LogP contribution >= 0.6 is 11.6 Å². The van der Waals surface area contributed by atoms with E-state index in [-0.39, 0.29) is 26.5 Å². The molecule has 9 heteroatoms. The van der Waals surface area contributed by atoms with Gasteiger partial charge in [-0.05, 0) is 0 Å². The van der Waals surface area contributed by atoms with E-state index in [4.69, 9.17) is 16.3 Å². The van der Waals surface area contributed by atoms with E-state index in [0.717, 1.165) is 27.2 Å². The Hall–Kier alpha value is -2.00. The summed E-state index contributed by atoms with van der Waals surface area (Å²) in [5.41, 5.74) is 1.67. The summed E-state index contributed by atoms with van der Waals surface area (Å²) in [6.07, 6.45) is 2.68. The summed E-state index contributed by atoms with van der Waals surface area (Å²) in [6, 6.07) is 4.31. The number of rotatable bonds is 5. The fraction of sp³-hybridized carbons (Fsp3) is 0.318. The van der Waals surface area contributed by atoms with Crippen molar-refractivity contribution in [3.05, 3.63) is 74.6 Å². The molecule has 0 atom stereocenters. The molecule has 2 radical (unpaired) electrons. The Morgan fingerprint density at radius 2 is 1.84 bits per heavy atom. The molecule has 0 aromatic carbocycles. The van der Waals surface area contributed by atoms with E-state index in [1.165, 1.54) is 4.57 Å². The number of hydrogen-bond acceptors (Lipinski definition) is 4. The Morgan fingerprint density at radius 3 is 2.48 bits per heavy atom. The van der Waals surface area contributed by atoms with Gasteiger partial charge in [-0.1, -0.05) is 0 Å². The molecule has 0 aliphatic heterocycles. The molecule has 0 aliphatic rings. The fourth-order valence-corrected chi connectivity index (χ4v) is 6.34. The summed E-state index contributed by atoms with van der Waals surface area (Å²) in [7, 11) is 0. The van der Waals surface area contributed by atoms with Crippen LogP contribution < -0.4 is 14.0 Å². The van der Waals surface area contributed by atoms with Gasteiger partial charge in [-0.25, -0.2) is 4.39 Å². The van der Waals surface area contributed by atoms with Gasteiger partial charge in [0.2, 0.25) is 0 Å². The number of aromatic nitrogens is 3. The molecule has 0 saturated carbocycles. The van der Waals surface area contributed by atoms with E-state index >= 15 is 0 Å². The van der Waals surface area contributed by atoms with E-state index in [1.54, 1.807) is 19.2 Å². The predicted molar refractivity (Wildman–Crippen MR) is 118 cm³/mol. The first-order valence-electron chi connectivity index (χ1n) is 9.56. The van der Waals surface area contributed by atoms with Gasteiger partial charge in [0.25, 0.3) is 0 Å². The summed E-state index contributed by atoms with van der Waals surface area (Å²) in [5.74, 6) is -1.49. The van der Waals surface area contributed by atoms with Crippen molar-refractivity contribution in [2.75, 3.05) is 0 Å². The first-order valence-corrected chi connectivity index (χ1v) is 12.8. The van der Waals surface area contributed by atoms with Gasteiger partial charge >= 0.3 is 185 Å². The van der Waals surface area contributed by atoms with Gasteiger partial charge in [0.05, 0.1) is 0 Å². The van der Waals surface area contributed by atoms with Crippen LogP contribution in [0.5, 0.6) is 5.75 Å². The van der Waals surface area contributed by atoms with Gasteiger partial charge in [0.1, 0.15) is 5.82 Å². The average molecular weight is 553 g/mol. The van der Waals surface area contributed by atoms with Gasteiger partial charge in [0, 0.05) is 0 Å². The van der Waals surface area contributed by atoms with Crippen LogP contribution in [0.1, 0.15) is 37.7 Å². The van der Waals surface area contributed by atoms with Crippen molar-refractivity contribution in [3.63, 3.8) is 0 Å². The van der Waals surface area contributed by atoms with E-state index in [2.05, 4.69) is 30.7 Å². The Kier molecular flexibility index (Phi) is 7.05. The number of hydrogen-bond donors (Lipinski definition) is 0. The number of aryl methyl sites for hydroxylation is 2. The minimum absolute atomic E-state index is 0.0813. The number of pyridine rings is 3. The Morgan fingerprint density at radius 1 is 1.13 bits per heavy atom. The Labute approximate surface area is 194 Å². The first kappa shape index (κ1) is 23.7. The molecule has 0 spiro atoms. The van der Waals surface area contributed by atoms with Crippen LogP contribution in [-0.2, 0) is 6.61 Å². The van der Waals surface area contributed by atoms with Crippen LogP contribution in [0.4, 0.5) is 8.78 Å². The summed E-state index contributed by atoms with van der Waals surface area (Å²) >= 11 is 5.34. The molecule has 5 nitrogen and oxygen atoms in total. The molecule has 0 aliphatic carbocycles. The Bertz CT molecular complexity index is 1190. The molecule has 31 heavy (non-hydrogen) atoms. The zero-order valence-corrected chi connectivity index (χ0v) is 21.5. The van der Waals surface area contributed by atoms with Crippen LogP contribution in [0.3, 0.4) is 0 Å². The molecular formula is C22H22ClF2N3O2Sn. The quantitative estimate of drug-likeness (QED) is 0.443. The molecule has 0 amide bonds. The average Bonchev–Trinajstić information content (AvgIpc) is 2.66. The molecule has 0 N–H and O–H groups in total. The van der Waals surface area contributed by atoms with Crippen LogP contribution in [-0.4, -0.2) is 35.7 Å². The SMILES string of the molecule is Cc1cn[c]([Sn][C](C)(C)C)cc1-n1c(C)cc(OCc2ncc(F)cc2F)c(Cl)c1=O. The van der Waals surface area contributed by atoms with E-state index in [1.807, 2.05) is 13.0 Å². The van der Waals surface area contributed by atoms with Crippen LogP contribution in [0, 0.1) is 25.5 Å². The third kappa shape index (κ3) is 5.63. The zero-order chi connectivity index (χ0) is 22.9. The molecule has 0 saturated heterocycles. The fourth-order valence-electron chi connectivity index (χ4n) is 2.99. The van der Waals surface area contributed by atoms with Gasteiger partial charge in [-0.2, -0.15) is 0 Å². The number of nitrogens with zero attached hydrogens (tertiary/aromatic N) is 3. The summed E-state index contributed by atoms with van der Waals surface area (Å²) in [6.45, 7) is 9.95. The number of halogens is 3. The second-order valence-corrected chi connectivity index (χ2v) is 15.0. The molecule has 0 unspecified atom stereocenters. The standard InChI is InChI=1S/C18H13ClF2N3O2.C4H9.Sn/c1-10-7-22-4-3-15(10)24-11(2)5-16(17(19)18(24)25)26-9-14-13(21)6-12(20)8-23-14;1-4(2)3;/h3,5-8H,9H2,1-2H3;1-3H3;. The molecule has 3 rings (SSSR count). The van der Waals surface area contributed by atoms with Crippen molar-refractivity contribution in [2.24, 2.45) is 0 Å². The van der Waals surface area contributed by atoms with Crippen molar-refractivity contribution in [2.45, 2.75) is 44.7 Å². The molecule has 3 aromatic heterocycles. The first-order chi connectivity index (χ1) is 14.5. The van der Waals surface area contributed by atoms with E-state index in [9.17, 15) is 13.6 Å². The minimum atomic E-state index is -0.970. The van der Waals surface area contributed by atoms with E-state index in [0.29, 0.717) is 5.69 Å². The molecule has 3 heterocycles. The molecular weight excluding hydrogens is 530 g/mol. The third-order valence-electron chi connectivity index (χ3n) is 4.37. The van der Waals surface area contributed by atoms with Crippen LogP contribution in [0.25, 0.3) is 5.69 Å². The summed E-state index contributed by atoms with van der Waals surface area (Å²) in [5, 5.41) is -0.123. The number of ether oxygens (including phenoxy) is 1. The maximum absolute atomic E-state index is 13.8. The van der Waals surface area contributed by atoms with E-state index < -0.39 is 38.3 Å². The monoisotopic (exact) mass is 553 g/mol. The second-order valence-electron chi connectivity index (χ2n) is 8.21. The molecule has 162 valence electrons.